The number of halogens is 2. The first-order valence-corrected chi connectivity index (χ1v) is 10.4. The van der Waals surface area contributed by atoms with Crippen LogP contribution >= 0.6 is 23.2 Å². The van der Waals surface area contributed by atoms with Gasteiger partial charge in [0.25, 0.3) is 0 Å². The van der Waals surface area contributed by atoms with Crippen molar-refractivity contribution < 1.29 is 9.21 Å². The van der Waals surface area contributed by atoms with E-state index < -0.39 is 0 Å². The second-order valence-corrected chi connectivity index (χ2v) is 8.17. The minimum absolute atomic E-state index is 0.211. The fourth-order valence-corrected chi connectivity index (χ4v) is 4.51. The standard InChI is InChI=1S/C25H17Cl2NO2/c26-18-12-17(13-19(27)14-18)23-10-7-20(30-23)8-11-24(29)28-22-9-6-16-5-4-15-2-1-3-21(22)25(15)16/h1-3,6-14H,4-5H2,(H,28,29). The summed E-state index contributed by atoms with van der Waals surface area (Å²) in [7, 11) is 0. The fraction of sp³-hybridized carbons (Fsp3) is 0.0800. The Morgan fingerprint density at radius 3 is 2.50 bits per heavy atom. The predicted octanol–water partition coefficient (Wildman–Crippen LogP) is 7.16. The second kappa shape index (κ2) is 7.67. The summed E-state index contributed by atoms with van der Waals surface area (Å²) in [6, 6.07) is 19.2. The van der Waals surface area contributed by atoms with Gasteiger partial charge in [-0.15, -0.1) is 0 Å². The van der Waals surface area contributed by atoms with Crippen molar-refractivity contribution in [1.82, 2.24) is 0 Å². The number of hydrogen-bond donors (Lipinski definition) is 1. The SMILES string of the molecule is O=C(C=Cc1ccc(-c2cc(Cl)cc(Cl)c2)o1)Nc1ccc2c3c(cccc13)CC2. The van der Waals surface area contributed by atoms with Gasteiger partial charge in [0, 0.05) is 32.8 Å². The Balaban J connectivity index is 1.35. The zero-order chi connectivity index (χ0) is 20.7. The minimum Gasteiger partial charge on any atom is -0.457 e. The molecule has 148 valence electrons. The molecule has 1 aromatic heterocycles. The Morgan fingerprint density at radius 2 is 1.70 bits per heavy atom. The molecule has 0 aliphatic heterocycles. The number of benzene rings is 3. The molecule has 1 aliphatic carbocycles. The Labute approximate surface area is 183 Å². The summed E-state index contributed by atoms with van der Waals surface area (Å²) in [6.07, 6.45) is 5.23. The number of amides is 1. The Morgan fingerprint density at radius 1 is 0.933 bits per heavy atom. The van der Waals surface area contributed by atoms with Crippen LogP contribution in [0.2, 0.25) is 10.0 Å². The molecular formula is C25H17Cl2NO2. The third-order valence-electron chi connectivity index (χ3n) is 5.31. The first-order chi connectivity index (χ1) is 14.6. The van der Waals surface area contributed by atoms with E-state index in [2.05, 4.69) is 23.5 Å². The van der Waals surface area contributed by atoms with Crippen LogP contribution in [-0.4, -0.2) is 5.91 Å². The van der Waals surface area contributed by atoms with Gasteiger partial charge in [-0.2, -0.15) is 0 Å². The molecule has 3 nitrogen and oxygen atoms in total. The molecule has 0 saturated carbocycles. The maximum absolute atomic E-state index is 12.5. The van der Waals surface area contributed by atoms with Crippen LogP contribution in [0.5, 0.6) is 0 Å². The highest BCUT2D eigenvalue weighted by Gasteiger charge is 2.16. The van der Waals surface area contributed by atoms with E-state index >= 15 is 0 Å². The van der Waals surface area contributed by atoms with Crippen molar-refractivity contribution in [3.8, 4) is 11.3 Å². The van der Waals surface area contributed by atoms with Crippen LogP contribution in [0, 0.1) is 0 Å². The number of furan rings is 1. The summed E-state index contributed by atoms with van der Waals surface area (Å²) in [5.74, 6) is 0.987. The van der Waals surface area contributed by atoms with Crippen molar-refractivity contribution in [2.24, 2.45) is 0 Å². The summed E-state index contributed by atoms with van der Waals surface area (Å²) in [5, 5.41) is 6.42. The second-order valence-electron chi connectivity index (χ2n) is 7.29. The van der Waals surface area contributed by atoms with Gasteiger partial charge in [0.05, 0.1) is 0 Å². The van der Waals surface area contributed by atoms with Crippen LogP contribution in [0.1, 0.15) is 16.9 Å². The lowest BCUT2D eigenvalue weighted by Gasteiger charge is -2.09. The quantitative estimate of drug-likeness (QED) is 0.347. The first-order valence-electron chi connectivity index (χ1n) is 9.66. The molecule has 3 aromatic carbocycles. The summed E-state index contributed by atoms with van der Waals surface area (Å²) >= 11 is 12.1. The highest BCUT2D eigenvalue weighted by molar-refractivity contribution is 6.35. The summed E-state index contributed by atoms with van der Waals surface area (Å²) in [5.41, 5.74) is 4.29. The maximum Gasteiger partial charge on any atom is 0.248 e. The molecule has 1 aliphatic rings. The number of carbonyl (C=O) groups is 1. The number of anilines is 1. The molecule has 1 heterocycles. The highest BCUT2D eigenvalue weighted by atomic mass is 35.5. The molecule has 0 atom stereocenters. The number of carbonyl (C=O) groups excluding carboxylic acids is 1. The summed E-state index contributed by atoms with van der Waals surface area (Å²) < 4.78 is 5.81. The van der Waals surface area contributed by atoms with Gasteiger partial charge in [0.1, 0.15) is 11.5 Å². The molecular weight excluding hydrogens is 417 g/mol. The number of hydrogen-bond acceptors (Lipinski definition) is 2. The lowest BCUT2D eigenvalue weighted by molar-refractivity contribution is -0.111. The molecule has 5 rings (SSSR count). The molecule has 0 unspecified atom stereocenters. The lowest BCUT2D eigenvalue weighted by atomic mass is 10.0. The van der Waals surface area contributed by atoms with Crippen molar-refractivity contribution in [3.63, 3.8) is 0 Å². The van der Waals surface area contributed by atoms with Crippen molar-refractivity contribution in [2.45, 2.75) is 12.8 Å². The Hall–Kier alpha value is -3.01. The van der Waals surface area contributed by atoms with Crippen molar-refractivity contribution in [3.05, 3.63) is 93.7 Å². The van der Waals surface area contributed by atoms with Gasteiger partial charge in [-0.25, -0.2) is 0 Å². The van der Waals surface area contributed by atoms with Gasteiger partial charge in [-0.05, 0) is 71.8 Å². The van der Waals surface area contributed by atoms with Crippen molar-refractivity contribution in [2.75, 3.05) is 5.32 Å². The Kier molecular flexibility index (Phi) is 4.86. The van der Waals surface area contributed by atoms with Crippen molar-refractivity contribution in [1.29, 1.82) is 0 Å². The average Bonchev–Trinajstić information content (AvgIpc) is 3.36. The van der Waals surface area contributed by atoms with E-state index in [9.17, 15) is 4.79 Å². The van der Waals surface area contributed by atoms with E-state index in [-0.39, 0.29) is 5.91 Å². The number of nitrogens with one attached hydrogen (secondary N) is 1. The summed E-state index contributed by atoms with van der Waals surface area (Å²) in [6.45, 7) is 0. The van der Waals surface area contributed by atoms with Crippen LogP contribution in [0.25, 0.3) is 28.2 Å². The molecule has 4 aromatic rings. The minimum atomic E-state index is -0.211. The van der Waals surface area contributed by atoms with Crippen molar-refractivity contribution >= 4 is 51.6 Å². The van der Waals surface area contributed by atoms with Crippen LogP contribution in [0.15, 0.2) is 71.2 Å². The molecule has 0 spiro atoms. The third kappa shape index (κ3) is 3.62. The first kappa shape index (κ1) is 19.0. The molecule has 1 amide bonds. The zero-order valence-electron chi connectivity index (χ0n) is 15.9. The van der Waals surface area contributed by atoms with Gasteiger partial charge in [0.15, 0.2) is 0 Å². The van der Waals surface area contributed by atoms with Crippen LogP contribution in [-0.2, 0) is 17.6 Å². The number of aryl methyl sites for hydroxylation is 2. The van der Waals surface area contributed by atoms with E-state index in [1.54, 1.807) is 30.3 Å². The number of rotatable bonds is 4. The molecule has 0 radical (unpaired) electrons. The largest absolute Gasteiger partial charge is 0.457 e. The zero-order valence-corrected chi connectivity index (χ0v) is 17.4. The monoisotopic (exact) mass is 433 g/mol. The molecule has 0 fully saturated rings. The van der Waals surface area contributed by atoms with Gasteiger partial charge in [-0.1, -0.05) is 47.5 Å². The van der Waals surface area contributed by atoms with Crippen LogP contribution in [0.3, 0.4) is 0 Å². The Bertz CT molecular complexity index is 1290. The molecule has 1 N–H and O–H groups in total. The average molecular weight is 434 g/mol. The van der Waals surface area contributed by atoms with Crippen LogP contribution < -0.4 is 5.32 Å². The van der Waals surface area contributed by atoms with E-state index in [0.717, 1.165) is 29.5 Å². The van der Waals surface area contributed by atoms with E-state index in [1.807, 2.05) is 18.2 Å². The van der Waals surface area contributed by atoms with Gasteiger partial charge < -0.3 is 9.73 Å². The predicted molar refractivity (Wildman–Crippen MR) is 123 cm³/mol. The van der Waals surface area contributed by atoms with Crippen LogP contribution in [0.4, 0.5) is 5.69 Å². The molecule has 0 bridgehead atoms. The van der Waals surface area contributed by atoms with E-state index in [4.69, 9.17) is 27.6 Å². The lowest BCUT2D eigenvalue weighted by Crippen LogP contribution is -2.08. The normalized spacial score (nSPS) is 12.7. The third-order valence-corrected chi connectivity index (χ3v) is 5.74. The highest BCUT2D eigenvalue weighted by Crippen LogP contribution is 2.35. The molecule has 30 heavy (non-hydrogen) atoms. The molecule has 0 saturated heterocycles. The maximum atomic E-state index is 12.5. The summed E-state index contributed by atoms with van der Waals surface area (Å²) in [4.78, 5) is 12.5. The van der Waals surface area contributed by atoms with Gasteiger partial charge in [0.2, 0.25) is 5.91 Å². The topological polar surface area (TPSA) is 42.2 Å². The fourth-order valence-electron chi connectivity index (χ4n) is 3.98. The van der Waals surface area contributed by atoms with E-state index in [1.165, 1.54) is 22.6 Å². The smallest absolute Gasteiger partial charge is 0.248 e. The van der Waals surface area contributed by atoms with E-state index in [0.29, 0.717) is 21.6 Å². The van der Waals surface area contributed by atoms with Gasteiger partial charge >= 0.3 is 0 Å². The molecule has 5 heteroatoms. The van der Waals surface area contributed by atoms with Gasteiger partial charge in [-0.3, -0.25) is 4.79 Å².